The fraction of sp³-hybridized carbons (Fsp3) is 0.400. The number of hydrogen-bond donors (Lipinski definition) is 1. The van der Waals surface area contributed by atoms with Gasteiger partial charge < -0.3 is 0 Å². The number of benzene rings is 2. The van der Waals surface area contributed by atoms with Gasteiger partial charge in [-0.2, -0.15) is 0 Å². The van der Waals surface area contributed by atoms with Crippen molar-refractivity contribution in [3.63, 3.8) is 0 Å². The van der Waals surface area contributed by atoms with Crippen LogP contribution in [0.4, 0.5) is 0 Å². The second-order valence-electron chi connectivity index (χ2n) is 5.73. The molecule has 112 valence electrons. The maximum Gasteiger partial charge on any atom is 0.00782 e. The minimum absolute atomic E-state index is 1.13. The number of hydrogen-bond acceptors (Lipinski definition) is 1. The Bertz CT molecular complexity index is 531. The molecule has 0 aliphatic heterocycles. The van der Waals surface area contributed by atoms with Crippen molar-refractivity contribution < 1.29 is 0 Å². The van der Waals surface area contributed by atoms with Gasteiger partial charge in [-0.15, -0.1) is 12.6 Å². The third kappa shape index (κ3) is 5.24. The van der Waals surface area contributed by atoms with Crippen LogP contribution < -0.4 is 0 Å². The average molecular weight is 298 g/mol. The molecule has 0 fully saturated rings. The molecule has 0 nitrogen and oxygen atoms in total. The molecule has 0 saturated heterocycles. The molecule has 0 saturated carbocycles. The Labute approximate surface area is 135 Å². The van der Waals surface area contributed by atoms with Gasteiger partial charge in [-0.05, 0) is 35.6 Å². The van der Waals surface area contributed by atoms with Gasteiger partial charge in [0.1, 0.15) is 0 Å². The SMILES string of the molecule is CCCCCCCCc1ccc(-c2ccccc2)cc1S. The van der Waals surface area contributed by atoms with E-state index >= 15 is 0 Å². The molecule has 0 atom stereocenters. The van der Waals surface area contributed by atoms with E-state index in [4.69, 9.17) is 0 Å². The maximum absolute atomic E-state index is 4.68. The van der Waals surface area contributed by atoms with E-state index in [2.05, 4.69) is 68.1 Å². The summed E-state index contributed by atoms with van der Waals surface area (Å²) in [6.45, 7) is 2.27. The lowest BCUT2D eigenvalue weighted by atomic mass is 10.0. The summed E-state index contributed by atoms with van der Waals surface area (Å²) in [6, 6.07) is 17.2. The third-order valence-electron chi connectivity index (χ3n) is 3.99. The average Bonchev–Trinajstić information content (AvgIpc) is 2.53. The minimum Gasteiger partial charge on any atom is -0.143 e. The molecule has 2 aromatic rings. The lowest BCUT2D eigenvalue weighted by Gasteiger charge is -2.08. The van der Waals surface area contributed by atoms with Gasteiger partial charge in [0.05, 0.1) is 0 Å². The van der Waals surface area contributed by atoms with Crippen LogP contribution in [-0.2, 0) is 6.42 Å². The predicted octanol–water partition coefficient (Wildman–Crippen LogP) is 6.55. The summed E-state index contributed by atoms with van der Waals surface area (Å²) in [5.41, 5.74) is 3.90. The van der Waals surface area contributed by atoms with Crippen molar-refractivity contribution in [1.29, 1.82) is 0 Å². The predicted molar refractivity (Wildman–Crippen MR) is 96.2 cm³/mol. The molecule has 0 bridgehead atoms. The molecule has 0 aliphatic rings. The highest BCUT2D eigenvalue weighted by Gasteiger charge is 2.03. The van der Waals surface area contributed by atoms with E-state index in [9.17, 15) is 0 Å². The molecule has 1 heteroatoms. The van der Waals surface area contributed by atoms with E-state index in [1.165, 1.54) is 55.2 Å². The number of unbranched alkanes of at least 4 members (excludes halogenated alkanes) is 5. The van der Waals surface area contributed by atoms with Crippen LogP contribution in [0.15, 0.2) is 53.4 Å². The minimum atomic E-state index is 1.13. The highest BCUT2D eigenvalue weighted by molar-refractivity contribution is 7.80. The Kier molecular flexibility index (Phi) is 6.88. The molecule has 0 spiro atoms. The largest absolute Gasteiger partial charge is 0.143 e. The second kappa shape index (κ2) is 8.94. The summed E-state index contributed by atoms with van der Waals surface area (Å²) in [6.07, 6.45) is 9.23. The zero-order chi connectivity index (χ0) is 14.9. The van der Waals surface area contributed by atoms with Crippen molar-refractivity contribution in [2.24, 2.45) is 0 Å². The Morgan fingerprint density at radius 1 is 0.762 bits per heavy atom. The molecular formula is C20H26S. The van der Waals surface area contributed by atoms with Crippen molar-refractivity contribution in [3.05, 3.63) is 54.1 Å². The lowest BCUT2D eigenvalue weighted by molar-refractivity contribution is 0.606. The Morgan fingerprint density at radius 3 is 2.19 bits per heavy atom. The first kappa shape index (κ1) is 16.2. The van der Waals surface area contributed by atoms with Crippen LogP contribution in [0.3, 0.4) is 0 Å². The van der Waals surface area contributed by atoms with Crippen LogP contribution in [0.5, 0.6) is 0 Å². The molecule has 0 aliphatic carbocycles. The smallest absolute Gasteiger partial charge is 0.00782 e. The Hall–Kier alpha value is -1.21. The van der Waals surface area contributed by atoms with Gasteiger partial charge in [0.25, 0.3) is 0 Å². The van der Waals surface area contributed by atoms with Gasteiger partial charge in [-0.25, -0.2) is 0 Å². The van der Waals surface area contributed by atoms with Crippen molar-refractivity contribution >= 4 is 12.6 Å². The summed E-state index contributed by atoms with van der Waals surface area (Å²) in [5.74, 6) is 0. The first-order valence-electron chi connectivity index (χ1n) is 8.18. The molecule has 2 aromatic carbocycles. The fourth-order valence-corrected chi connectivity index (χ4v) is 3.01. The van der Waals surface area contributed by atoms with E-state index in [0.717, 1.165) is 11.3 Å². The molecule has 0 aromatic heterocycles. The van der Waals surface area contributed by atoms with Crippen LogP contribution in [-0.4, -0.2) is 0 Å². The van der Waals surface area contributed by atoms with Gasteiger partial charge in [0, 0.05) is 4.90 Å². The number of thiol groups is 1. The van der Waals surface area contributed by atoms with Crippen molar-refractivity contribution in [2.45, 2.75) is 56.8 Å². The first-order valence-corrected chi connectivity index (χ1v) is 8.63. The van der Waals surface area contributed by atoms with Gasteiger partial charge in [0.2, 0.25) is 0 Å². The molecule has 0 unspecified atom stereocenters. The fourth-order valence-electron chi connectivity index (χ4n) is 2.68. The zero-order valence-electron chi connectivity index (χ0n) is 13.0. The van der Waals surface area contributed by atoms with E-state index in [0.29, 0.717) is 0 Å². The highest BCUT2D eigenvalue weighted by atomic mass is 32.1. The molecule has 0 heterocycles. The van der Waals surface area contributed by atoms with Crippen molar-refractivity contribution in [2.75, 3.05) is 0 Å². The summed E-state index contributed by atoms with van der Waals surface area (Å²) >= 11 is 4.68. The second-order valence-corrected chi connectivity index (χ2v) is 6.21. The summed E-state index contributed by atoms with van der Waals surface area (Å²) in [4.78, 5) is 1.13. The molecule has 0 N–H and O–H groups in total. The summed E-state index contributed by atoms with van der Waals surface area (Å²) in [7, 11) is 0. The van der Waals surface area contributed by atoms with Gasteiger partial charge in [0.15, 0.2) is 0 Å². The molecular weight excluding hydrogens is 272 g/mol. The highest BCUT2D eigenvalue weighted by Crippen LogP contribution is 2.25. The van der Waals surface area contributed by atoms with Gasteiger partial charge in [-0.3, -0.25) is 0 Å². The molecule has 21 heavy (non-hydrogen) atoms. The zero-order valence-corrected chi connectivity index (χ0v) is 13.9. The van der Waals surface area contributed by atoms with Crippen LogP contribution >= 0.6 is 12.6 Å². The van der Waals surface area contributed by atoms with Crippen LogP contribution in [0.2, 0.25) is 0 Å². The summed E-state index contributed by atoms with van der Waals surface area (Å²) in [5, 5.41) is 0. The molecule has 0 amide bonds. The van der Waals surface area contributed by atoms with Crippen molar-refractivity contribution in [3.8, 4) is 11.1 Å². The monoisotopic (exact) mass is 298 g/mol. The lowest BCUT2D eigenvalue weighted by Crippen LogP contribution is -1.89. The molecule has 0 radical (unpaired) electrons. The maximum atomic E-state index is 4.68. The van der Waals surface area contributed by atoms with Crippen LogP contribution in [0.25, 0.3) is 11.1 Å². The standard InChI is InChI=1S/C20H26S/c1-2-3-4-5-6-8-13-18-14-15-19(16-20(18)21)17-11-9-7-10-12-17/h7,9-12,14-16,21H,2-6,8,13H2,1H3. The van der Waals surface area contributed by atoms with E-state index in [-0.39, 0.29) is 0 Å². The van der Waals surface area contributed by atoms with E-state index < -0.39 is 0 Å². The normalized spacial score (nSPS) is 10.8. The quantitative estimate of drug-likeness (QED) is 0.415. The van der Waals surface area contributed by atoms with Crippen LogP contribution in [0.1, 0.15) is 51.0 Å². The first-order chi connectivity index (χ1) is 10.3. The van der Waals surface area contributed by atoms with E-state index in [1.54, 1.807) is 0 Å². The topological polar surface area (TPSA) is 0 Å². The van der Waals surface area contributed by atoms with Crippen molar-refractivity contribution in [1.82, 2.24) is 0 Å². The van der Waals surface area contributed by atoms with Gasteiger partial charge >= 0.3 is 0 Å². The number of rotatable bonds is 8. The number of aryl methyl sites for hydroxylation is 1. The summed E-state index contributed by atoms with van der Waals surface area (Å²) < 4.78 is 0. The van der Waals surface area contributed by atoms with Gasteiger partial charge in [-0.1, -0.05) is 81.5 Å². The van der Waals surface area contributed by atoms with E-state index in [1.807, 2.05) is 0 Å². The van der Waals surface area contributed by atoms with Crippen LogP contribution in [0, 0.1) is 0 Å². The molecule has 2 rings (SSSR count). The third-order valence-corrected chi connectivity index (χ3v) is 4.41. The Morgan fingerprint density at radius 2 is 1.48 bits per heavy atom. The Balaban J connectivity index is 1.88.